The van der Waals surface area contributed by atoms with E-state index in [-0.39, 0.29) is 27.0 Å². The topological polar surface area (TPSA) is 128 Å². The van der Waals surface area contributed by atoms with Gasteiger partial charge in [0.05, 0.1) is 34.3 Å². The van der Waals surface area contributed by atoms with E-state index < -0.39 is 15.8 Å². The van der Waals surface area contributed by atoms with E-state index in [9.17, 15) is 18.5 Å². The Kier molecular flexibility index (Phi) is 5.40. The van der Waals surface area contributed by atoms with Crippen LogP contribution in [-0.2, 0) is 14.6 Å². The van der Waals surface area contributed by atoms with Crippen molar-refractivity contribution < 1.29 is 17.9 Å². The number of thiazole rings is 1. The Bertz CT molecular complexity index is 1200. The summed E-state index contributed by atoms with van der Waals surface area (Å²) in [6, 6.07) is 7.00. The van der Waals surface area contributed by atoms with Gasteiger partial charge in [0.2, 0.25) is 14.2 Å². The fraction of sp³-hybridized carbons (Fsp3) is 0.278. The second-order valence-corrected chi connectivity index (χ2v) is 9.40. The lowest BCUT2D eigenvalue weighted by Crippen LogP contribution is -2.11. The van der Waals surface area contributed by atoms with Gasteiger partial charge in [0.1, 0.15) is 6.07 Å². The van der Waals surface area contributed by atoms with Gasteiger partial charge in [-0.3, -0.25) is 0 Å². The van der Waals surface area contributed by atoms with Gasteiger partial charge in [-0.05, 0) is 24.6 Å². The molecule has 8 nitrogen and oxygen atoms in total. The largest absolute Gasteiger partial charge is 0.464 e. The number of nitrogens with two attached hydrogens (primary N) is 1. The lowest BCUT2D eigenvalue weighted by molar-refractivity contribution is 0.0593. The van der Waals surface area contributed by atoms with Gasteiger partial charge in [-0.1, -0.05) is 13.3 Å². The molecule has 0 fully saturated rings. The first-order valence-corrected chi connectivity index (χ1v) is 10.9. The summed E-state index contributed by atoms with van der Waals surface area (Å²) in [4.78, 5) is 16.4. The highest BCUT2D eigenvalue weighted by atomic mass is 32.2. The molecule has 2 aromatic heterocycles. The molecule has 28 heavy (non-hydrogen) atoms. The van der Waals surface area contributed by atoms with Crippen LogP contribution in [0.4, 0.5) is 5.69 Å². The number of hydrogen-bond acceptors (Lipinski definition) is 8. The maximum atomic E-state index is 12.4. The van der Waals surface area contributed by atoms with Crippen molar-refractivity contribution >= 4 is 43.0 Å². The SMILES string of the molecule is CCCCS(=O)(=O)c1nc2ccc(-n3cc(C#N)c(N)c3C(=O)OC)cc2s1. The van der Waals surface area contributed by atoms with E-state index in [0.29, 0.717) is 22.3 Å². The molecule has 10 heteroatoms. The normalized spacial score (nSPS) is 11.5. The molecule has 1 aromatic carbocycles. The molecule has 0 aliphatic rings. The fourth-order valence-electron chi connectivity index (χ4n) is 2.71. The van der Waals surface area contributed by atoms with Gasteiger partial charge in [-0.25, -0.2) is 18.2 Å². The quantitative estimate of drug-likeness (QED) is 0.609. The van der Waals surface area contributed by atoms with Gasteiger partial charge in [-0.15, -0.1) is 11.3 Å². The molecule has 0 amide bonds. The van der Waals surface area contributed by atoms with Crippen LogP contribution in [-0.4, -0.2) is 36.8 Å². The zero-order chi connectivity index (χ0) is 20.5. The molecule has 0 aliphatic carbocycles. The first kappa shape index (κ1) is 19.9. The van der Waals surface area contributed by atoms with Crippen molar-refractivity contribution in [1.82, 2.24) is 9.55 Å². The number of unbranched alkanes of at least 4 members (excludes halogenated alkanes) is 1. The summed E-state index contributed by atoms with van der Waals surface area (Å²) in [7, 11) is -2.20. The number of ether oxygens (including phenoxy) is 1. The van der Waals surface area contributed by atoms with Gasteiger partial charge < -0.3 is 15.0 Å². The summed E-state index contributed by atoms with van der Waals surface area (Å²) >= 11 is 1.08. The molecule has 2 heterocycles. The number of methoxy groups -OCH3 is 1. The van der Waals surface area contributed by atoms with Gasteiger partial charge in [0, 0.05) is 11.9 Å². The van der Waals surface area contributed by atoms with Crippen molar-refractivity contribution in [2.24, 2.45) is 0 Å². The Morgan fingerprint density at radius 2 is 2.18 bits per heavy atom. The molecule has 0 radical (unpaired) electrons. The molecule has 0 aliphatic heterocycles. The third kappa shape index (κ3) is 3.46. The molecule has 0 atom stereocenters. The second-order valence-electron chi connectivity index (χ2n) is 6.08. The minimum absolute atomic E-state index is 0.0292. The van der Waals surface area contributed by atoms with Crippen molar-refractivity contribution in [1.29, 1.82) is 5.26 Å². The zero-order valence-electron chi connectivity index (χ0n) is 15.3. The number of carbonyl (C=O) groups excluding carboxylic acids is 1. The average molecular weight is 419 g/mol. The molecule has 0 saturated heterocycles. The summed E-state index contributed by atoms with van der Waals surface area (Å²) in [5.41, 5.74) is 7.22. The van der Waals surface area contributed by atoms with Crippen LogP contribution >= 0.6 is 11.3 Å². The standard InChI is InChI=1S/C18H18N4O4S2/c1-3-4-7-28(24,25)18-21-13-6-5-12(8-14(13)27-18)22-10-11(9-19)15(20)16(22)17(23)26-2/h5-6,8,10H,3-4,7,20H2,1-2H3. The number of hydrogen-bond donors (Lipinski definition) is 1. The minimum Gasteiger partial charge on any atom is -0.464 e. The van der Waals surface area contributed by atoms with Crippen LogP contribution in [0.25, 0.3) is 15.9 Å². The highest BCUT2D eigenvalue weighted by molar-refractivity contribution is 7.93. The van der Waals surface area contributed by atoms with Crippen LogP contribution in [0, 0.1) is 11.3 Å². The van der Waals surface area contributed by atoms with E-state index in [1.54, 1.807) is 18.2 Å². The highest BCUT2D eigenvalue weighted by Crippen LogP contribution is 2.31. The number of nitriles is 1. The van der Waals surface area contributed by atoms with E-state index >= 15 is 0 Å². The van der Waals surface area contributed by atoms with Crippen LogP contribution in [0.3, 0.4) is 0 Å². The first-order valence-electron chi connectivity index (χ1n) is 8.45. The summed E-state index contributed by atoms with van der Waals surface area (Å²) in [5, 5.41) is 9.22. The number of benzene rings is 1. The summed E-state index contributed by atoms with van der Waals surface area (Å²) in [5.74, 6) is -0.617. The first-order chi connectivity index (χ1) is 13.3. The number of nitrogens with zero attached hydrogens (tertiary/aromatic N) is 3. The Morgan fingerprint density at radius 3 is 2.82 bits per heavy atom. The maximum Gasteiger partial charge on any atom is 0.357 e. The number of esters is 1. The van der Waals surface area contributed by atoms with Crippen LogP contribution in [0.2, 0.25) is 0 Å². The third-order valence-corrected chi connectivity index (χ3v) is 7.48. The third-order valence-electron chi connectivity index (χ3n) is 4.21. The molecule has 0 unspecified atom stereocenters. The average Bonchev–Trinajstić information content (AvgIpc) is 3.26. The molecular weight excluding hydrogens is 400 g/mol. The molecule has 2 N–H and O–H groups in total. The smallest absolute Gasteiger partial charge is 0.357 e. The van der Waals surface area contributed by atoms with Crippen molar-refractivity contribution in [3.8, 4) is 11.8 Å². The highest BCUT2D eigenvalue weighted by Gasteiger charge is 2.23. The van der Waals surface area contributed by atoms with E-state index in [1.807, 2.05) is 13.0 Å². The van der Waals surface area contributed by atoms with E-state index in [0.717, 1.165) is 17.8 Å². The predicted octanol–water partition coefficient (Wildman–Crippen LogP) is 2.90. The fourth-order valence-corrected chi connectivity index (χ4v) is 5.55. The lowest BCUT2D eigenvalue weighted by Gasteiger charge is -2.08. The number of sulfone groups is 1. The zero-order valence-corrected chi connectivity index (χ0v) is 16.9. The molecule has 0 spiro atoms. The van der Waals surface area contributed by atoms with E-state index in [1.165, 1.54) is 17.9 Å². The Balaban J connectivity index is 2.12. The van der Waals surface area contributed by atoms with Gasteiger partial charge in [-0.2, -0.15) is 5.26 Å². The molecule has 0 saturated carbocycles. The van der Waals surface area contributed by atoms with Crippen molar-refractivity contribution in [2.75, 3.05) is 18.6 Å². The summed E-state index contributed by atoms with van der Waals surface area (Å²) in [6.45, 7) is 1.93. The molecule has 3 aromatic rings. The maximum absolute atomic E-state index is 12.4. The molecule has 3 rings (SSSR count). The van der Waals surface area contributed by atoms with Crippen LogP contribution in [0.1, 0.15) is 35.8 Å². The van der Waals surface area contributed by atoms with Crippen LogP contribution in [0.15, 0.2) is 28.7 Å². The predicted molar refractivity (Wildman–Crippen MR) is 106 cm³/mol. The number of carbonyl (C=O) groups is 1. The number of fused-ring (bicyclic) bond motifs is 1. The lowest BCUT2D eigenvalue weighted by atomic mass is 10.2. The number of nitrogen functional groups attached to an aromatic ring is 1. The molecule has 0 bridgehead atoms. The van der Waals surface area contributed by atoms with E-state index in [2.05, 4.69) is 4.98 Å². The van der Waals surface area contributed by atoms with Crippen molar-refractivity contribution in [3.05, 3.63) is 35.7 Å². The Labute approximate surface area is 166 Å². The van der Waals surface area contributed by atoms with Gasteiger partial charge >= 0.3 is 5.97 Å². The van der Waals surface area contributed by atoms with Crippen molar-refractivity contribution in [3.63, 3.8) is 0 Å². The molecule has 146 valence electrons. The summed E-state index contributed by atoms with van der Waals surface area (Å²) in [6.07, 6.45) is 2.80. The van der Waals surface area contributed by atoms with Crippen LogP contribution < -0.4 is 5.73 Å². The van der Waals surface area contributed by atoms with Gasteiger partial charge in [0.15, 0.2) is 5.69 Å². The summed E-state index contributed by atoms with van der Waals surface area (Å²) < 4.78 is 31.8. The number of anilines is 1. The van der Waals surface area contributed by atoms with Crippen LogP contribution in [0.5, 0.6) is 0 Å². The second kappa shape index (κ2) is 7.61. The van der Waals surface area contributed by atoms with Gasteiger partial charge in [0.25, 0.3) is 0 Å². The Morgan fingerprint density at radius 1 is 1.43 bits per heavy atom. The minimum atomic E-state index is -3.43. The monoisotopic (exact) mass is 418 g/mol. The number of aromatic nitrogens is 2. The Hall–Kier alpha value is -2.90. The number of rotatable bonds is 6. The van der Waals surface area contributed by atoms with Crippen molar-refractivity contribution in [2.45, 2.75) is 24.1 Å². The molecular formula is C18H18N4O4S2. The van der Waals surface area contributed by atoms with E-state index in [4.69, 9.17) is 10.5 Å².